The molecule has 0 spiro atoms. The van der Waals surface area contributed by atoms with Crippen LogP contribution in [0.15, 0.2) is 28.7 Å². The number of ether oxygens (including phenoxy) is 2. The molecular weight excluding hydrogens is 410 g/mol. The number of hydrogen-bond acceptors (Lipinski definition) is 4. The smallest absolute Gasteiger partial charge is 0.411 e. The Bertz CT molecular complexity index is 654. The van der Waals surface area contributed by atoms with Crippen molar-refractivity contribution in [1.29, 1.82) is 0 Å². The molecule has 1 aromatic rings. The molecule has 0 radical (unpaired) electrons. The van der Waals surface area contributed by atoms with Crippen LogP contribution in [0.4, 0.5) is 4.79 Å². The molecule has 1 heterocycles. The summed E-state index contributed by atoms with van der Waals surface area (Å²) in [6.45, 7) is 11.4. The molecule has 2 atom stereocenters. The molecule has 0 aromatic heterocycles. The highest BCUT2D eigenvalue weighted by Gasteiger charge is 2.43. The molecule has 6 heteroatoms. The van der Waals surface area contributed by atoms with Gasteiger partial charge in [-0.2, -0.15) is 0 Å². The third-order valence-electron chi connectivity index (χ3n) is 4.11. The number of carbonyl (C=O) groups is 2. The predicted molar refractivity (Wildman–Crippen MR) is 109 cm³/mol. The van der Waals surface area contributed by atoms with E-state index < -0.39 is 23.3 Å². The topological polar surface area (TPSA) is 55.8 Å². The molecule has 1 amide bonds. The Morgan fingerprint density at radius 2 is 1.74 bits per heavy atom. The second kappa shape index (κ2) is 8.21. The number of carbonyl (C=O) groups excluding carboxylic acids is 2. The molecule has 5 nitrogen and oxygen atoms in total. The van der Waals surface area contributed by atoms with Gasteiger partial charge in [-0.15, -0.1) is 0 Å². The van der Waals surface area contributed by atoms with Crippen LogP contribution in [-0.4, -0.2) is 40.8 Å². The van der Waals surface area contributed by atoms with E-state index in [-0.39, 0.29) is 11.9 Å². The summed E-state index contributed by atoms with van der Waals surface area (Å²) >= 11 is 3.49. The van der Waals surface area contributed by atoms with Crippen LogP contribution in [0.1, 0.15) is 53.5 Å². The second-order valence-electron chi connectivity index (χ2n) is 9.12. The SMILES string of the molecule is CC(C)(C)OC(=O)C1CC(Cc2cccc(Br)c2)CN1C(=O)OC(C)(C)C. The first-order valence-electron chi connectivity index (χ1n) is 9.31. The summed E-state index contributed by atoms with van der Waals surface area (Å²) in [6.07, 6.45) is 0.897. The van der Waals surface area contributed by atoms with Gasteiger partial charge < -0.3 is 9.47 Å². The Morgan fingerprint density at radius 1 is 1.11 bits per heavy atom. The average Bonchev–Trinajstić information content (AvgIpc) is 2.88. The summed E-state index contributed by atoms with van der Waals surface area (Å²) < 4.78 is 12.1. The molecule has 0 saturated carbocycles. The number of nitrogens with zero attached hydrogens (tertiary/aromatic N) is 1. The second-order valence-corrected chi connectivity index (χ2v) is 10.0. The molecule has 0 bridgehead atoms. The standard InChI is InChI=1S/C21H30BrNO4/c1-20(2,3)26-18(24)17-12-15(10-14-8-7-9-16(22)11-14)13-23(17)19(25)27-21(4,5)6/h7-9,11,15,17H,10,12-13H2,1-6H3. The van der Waals surface area contributed by atoms with E-state index in [9.17, 15) is 9.59 Å². The zero-order valence-electron chi connectivity index (χ0n) is 17.0. The summed E-state index contributed by atoms with van der Waals surface area (Å²) in [6, 6.07) is 7.48. The van der Waals surface area contributed by atoms with Crippen molar-refractivity contribution in [1.82, 2.24) is 4.90 Å². The Kier molecular flexibility index (Phi) is 6.61. The molecule has 0 aliphatic carbocycles. The highest BCUT2D eigenvalue weighted by Crippen LogP contribution is 2.30. The lowest BCUT2D eigenvalue weighted by Crippen LogP contribution is -2.45. The summed E-state index contributed by atoms with van der Waals surface area (Å²) in [5.74, 6) is -0.200. The van der Waals surface area contributed by atoms with E-state index in [1.165, 1.54) is 10.5 Å². The van der Waals surface area contributed by atoms with Crippen molar-refractivity contribution in [2.24, 2.45) is 5.92 Å². The van der Waals surface area contributed by atoms with Crippen LogP contribution in [0.5, 0.6) is 0 Å². The first-order valence-corrected chi connectivity index (χ1v) is 10.1. The van der Waals surface area contributed by atoms with Crippen molar-refractivity contribution < 1.29 is 19.1 Å². The molecule has 2 unspecified atom stereocenters. The van der Waals surface area contributed by atoms with Gasteiger partial charge in [0.2, 0.25) is 0 Å². The number of esters is 1. The van der Waals surface area contributed by atoms with Crippen molar-refractivity contribution in [3.63, 3.8) is 0 Å². The zero-order valence-corrected chi connectivity index (χ0v) is 18.6. The quantitative estimate of drug-likeness (QED) is 0.624. The van der Waals surface area contributed by atoms with Gasteiger partial charge in [0.15, 0.2) is 0 Å². The predicted octanol–water partition coefficient (Wildman–Crippen LogP) is 4.96. The maximum absolute atomic E-state index is 12.7. The maximum Gasteiger partial charge on any atom is 0.411 e. The number of rotatable bonds is 3. The van der Waals surface area contributed by atoms with Crippen LogP contribution >= 0.6 is 15.9 Å². The van der Waals surface area contributed by atoms with Crippen LogP contribution in [0.25, 0.3) is 0 Å². The van der Waals surface area contributed by atoms with Crippen molar-refractivity contribution in [3.05, 3.63) is 34.3 Å². The number of amides is 1. The summed E-state index contributed by atoms with van der Waals surface area (Å²) in [7, 11) is 0. The molecule has 150 valence electrons. The van der Waals surface area contributed by atoms with Crippen molar-refractivity contribution in [3.8, 4) is 0 Å². The Morgan fingerprint density at radius 3 is 2.30 bits per heavy atom. The van der Waals surface area contributed by atoms with Crippen LogP contribution in [0.2, 0.25) is 0 Å². The lowest BCUT2D eigenvalue weighted by atomic mass is 9.97. The fourth-order valence-corrected chi connectivity index (χ4v) is 3.63. The molecule has 2 rings (SSSR count). The van der Waals surface area contributed by atoms with Crippen molar-refractivity contribution in [2.45, 2.75) is 71.6 Å². The van der Waals surface area contributed by atoms with Gasteiger partial charge in [0, 0.05) is 11.0 Å². The molecule has 0 N–H and O–H groups in total. The van der Waals surface area contributed by atoms with E-state index >= 15 is 0 Å². The molecular formula is C21H30BrNO4. The molecule has 1 aromatic carbocycles. The molecule has 1 saturated heterocycles. The van der Waals surface area contributed by atoms with Crippen molar-refractivity contribution >= 4 is 28.0 Å². The first kappa shape index (κ1) is 21.7. The van der Waals surface area contributed by atoms with E-state index in [0.29, 0.717) is 13.0 Å². The van der Waals surface area contributed by atoms with Crippen LogP contribution in [0, 0.1) is 5.92 Å². The van der Waals surface area contributed by atoms with E-state index in [1.807, 2.05) is 53.7 Å². The minimum atomic E-state index is -0.615. The van der Waals surface area contributed by atoms with E-state index in [4.69, 9.17) is 9.47 Å². The van der Waals surface area contributed by atoms with Gasteiger partial charge in [0.25, 0.3) is 0 Å². The van der Waals surface area contributed by atoms with Gasteiger partial charge in [0.05, 0.1) is 0 Å². The van der Waals surface area contributed by atoms with Crippen LogP contribution in [0.3, 0.4) is 0 Å². The number of benzene rings is 1. The Labute approximate surface area is 170 Å². The van der Waals surface area contributed by atoms with Gasteiger partial charge in [0.1, 0.15) is 17.2 Å². The number of likely N-dealkylation sites (tertiary alicyclic amines) is 1. The Hall–Kier alpha value is -1.56. The van der Waals surface area contributed by atoms with Crippen molar-refractivity contribution in [2.75, 3.05) is 6.54 Å². The van der Waals surface area contributed by atoms with E-state index in [2.05, 4.69) is 28.1 Å². The average molecular weight is 440 g/mol. The summed E-state index contributed by atoms with van der Waals surface area (Å²) in [5.41, 5.74) is -0.0415. The van der Waals surface area contributed by atoms with Gasteiger partial charge in [-0.25, -0.2) is 9.59 Å². The van der Waals surface area contributed by atoms with Gasteiger partial charge in [-0.05, 0) is 78.0 Å². The number of hydrogen-bond donors (Lipinski definition) is 0. The molecule has 1 fully saturated rings. The zero-order chi connectivity index (χ0) is 20.4. The third kappa shape index (κ3) is 6.83. The van der Waals surface area contributed by atoms with E-state index in [0.717, 1.165) is 10.9 Å². The summed E-state index contributed by atoms with van der Waals surface area (Å²) in [5, 5.41) is 0. The fourth-order valence-electron chi connectivity index (χ4n) is 3.18. The lowest BCUT2D eigenvalue weighted by Gasteiger charge is -2.29. The third-order valence-corrected chi connectivity index (χ3v) is 4.60. The summed E-state index contributed by atoms with van der Waals surface area (Å²) in [4.78, 5) is 26.9. The Balaban J connectivity index is 2.17. The van der Waals surface area contributed by atoms with E-state index in [1.54, 1.807) is 0 Å². The lowest BCUT2D eigenvalue weighted by molar-refractivity contribution is -0.160. The largest absolute Gasteiger partial charge is 0.458 e. The highest BCUT2D eigenvalue weighted by atomic mass is 79.9. The molecule has 1 aliphatic rings. The first-order chi connectivity index (χ1) is 12.3. The maximum atomic E-state index is 12.7. The fraction of sp³-hybridized carbons (Fsp3) is 0.619. The van der Waals surface area contributed by atoms with Crippen LogP contribution < -0.4 is 0 Å². The molecule has 27 heavy (non-hydrogen) atoms. The monoisotopic (exact) mass is 439 g/mol. The molecule has 1 aliphatic heterocycles. The highest BCUT2D eigenvalue weighted by molar-refractivity contribution is 9.10. The normalized spacial score (nSPS) is 20.5. The van der Waals surface area contributed by atoms with Gasteiger partial charge in [-0.1, -0.05) is 28.1 Å². The van der Waals surface area contributed by atoms with Crippen LogP contribution in [-0.2, 0) is 20.7 Å². The van der Waals surface area contributed by atoms with Gasteiger partial charge >= 0.3 is 12.1 Å². The minimum Gasteiger partial charge on any atom is -0.458 e. The number of halogens is 1. The minimum absolute atomic E-state index is 0.171. The van der Waals surface area contributed by atoms with Gasteiger partial charge in [-0.3, -0.25) is 4.90 Å².